The summed E-state index contributed by atoms with van der Waals surface area (Å²) in [4.78, 5) is 0. The standard InChI is InChI=1S/C13H26.C11H22/c1-8-12(4,5)10-13(6,7)9-11(2)3;1-6-8-11(4,5)9-10(3)7-2/h9H,8,10H2,1-7H3;7H,6,8-9H2,1-5H3/b;10-7+. The molecule has 0 radical (unpaired) electrons. The van der Waals surface area contributed by atoms with Gasteiger partial charge in [0.1, 0.15) is 0 Å². The molecule has 0 unspecified atom stereocenters. The van der Waals surface area contributed by atoms with Crippen molar-refractivity contribution < 1.29 is 0 Å². The van der Waals surface area contributed by atoms with E-state index >= 15 is 0 Å². The van der Waals surface area contributed by atoms with E-state index in [9.17, 15) is 0 Å². The highest BCUT2D eigenvalue weighted by molar-refractivity contribution is 5.03. The summed E-state index contributed by atoms with van der Waals surface area (Å²) in [5, 5.41) is 0. The van der Waals surface area contributed by atoms with Gasteiger partial charge in [0.25, 0.3) is 0 Å². The van der Waals surface area contributed by atoms with Gasteiger partial charge < -0.3 is 0 Å². The summed E-state index contributed by atoms with van der Waals surface area (Å²) in [5.41, 5.74) is 4.26. The Balaban J connectivity index is 0. The Bertz CT molecular complexity index is 384. The van der Waals surface area contributed by atoms with Gasteiger partial charge in [-0.15, -0.1) is 0 Å². The van der Waals surface area contributed by atoms with E-state index in [2.05, 4.69) is 95.2 Å². The van der Waals surface area contributed by atoms with Crippen LogP contribution in [-0.2, 0) is 0 Å². The Kier molecular flexibility index (Phi) is 12.0. The third kappa shape index (κ3) is 15.0. The van der Waals surface area contributed by atoms with Crippen LogP contribution in [0.3, 0.4) is 0 Å². The van der Waals surface area contributed by atoms with Gasteiger partial charge in [0.05, 0.1) is 0 Å². The predicted octanol–water partition coefficient (Wildman–Crippen LogP) is 8.97. The molecule has 144 valence electrons. The van der Waals surface area contributed by atoms with E-state index in [1.54, 1.807) is 0 Å². The first-order chi connectivity index (χ1) is 10.7. The van der Waals surface area contributed by atoms with Crippen molar-refractivity contribution in [3.05, 3.63) is 23.3 Å². The molecule has 0 aliphatic rings. The molecule has 0 aromatic heterocycles. The van der Waals surface area contributed by atoms with Crippen LogP contribution in [0.4, 0.5) is 0 Å². The van der Waals surface area contributed by atoms with Crippen LogP contribution in [0.1, 0.15) is 115 Å². The molecule has 0 heterocycles. The Morgan fingerprint density at radius 1 is 0.833 bits per heavy atom. The smallest absolute Gasteiger partial charge is 0.0167 e. The molecule has 0 fully saturated rings. The van der Waals surface area contributed by atoms with Crippen LogP contribution in [0, 0.1) is 16.2 Å². The Morgan fingerprint density at radius 3 is 1.67 bits per heavy atom. The minimum absolute atomic E-state index is 0.346. The van der Waals surface area contributed by atoms with Gasteiger partial charge in [-0.3, -0.25) is 0 Å². The normalized spacial score (nSPS) is 13.2. The first kappa shape index (κ1) is 25.7. The fourth-order valence-corrected chi connectivity index (χ4v) is 3.81. The first-order valence-electron chi connectivity index (χ1n) is 9.98. The van der Waals surface area contributed by atoms with Crippen molar-refractivity contribution in [3.8, 4) is 0 Å². The van der Waals surface area contributed by atoms with E-state index < -0.39 is 0 Å². The molecule has 0 bridgehead atoms. The minimum Gasteiger partial charge on any atom is -0.0887 e. The average molecular weight is 337 g/mol. The molecule has 0 aliphatic carbocycles. The van der Waals surface area contributed by atoms with E-state index in [-0.39, 0.29) is 0 Å². The fraction of sp³-hybridized carbons (Fsp3) is 0.833. The van der Waals surface area contributed by atoms with Crippen molar-refractivity contribution in [2.75, 3.05) is 0 Å². The van der Waals surface area contributed by atoms with Gasteiger partial charge in [-0.1, -0.05) is 91.5 Å². The second kappa shape index (κ2) is 11.2. The van der Waals surface area contributed by atoms with Gasteiger partial charge in [0.15, 0.2) is 0 Å². The quantitative estimate of drug-likeness (QED) is 0.388. The molecule has 0 atom stereocenters. The van der Waals surface area contributed by atoms with Crippen LogP contribution in [0.25, 0.3) is 0 Å². The summed E-state index contributed by atoms with van der Waals surface area (Å²) in [6.45, 7) is 27.3. The number of rotatable bonds is 8. The van der Waals surface area contributed by atoms with Crippen molar-refractivity contribution in [1.82, 2.24) is 0 Å². The topological polar surface area (TPSA) is 0 Å². The minimum atomic E-state index is 0.346. The fourth-order valence-electron chi connectivity index (χ4n) is 3.81. The third-order valence-electron chi connectivity index (χ3n) is 4.75. The highest BCUT2D eigenvalue weighted by Gasteiger charge is 2.25. The molecule has 0 saturated heterocycles. The van der Waals surface area contributed by atoms with Crippen LogP contribution < -0.4 is 0 Å². The van der Waals surface area contributed by atoms with E-state index in [1.165, 1.54) is 43.3 Å². The Labute approximate surface area is 155 Å². The molecule has 0 spiro atoms. The Morgan fingerprint density at radius 2 is 1.33 bits per heavy atom. The molecular weight excluding hydrogens is 288 g/mol. The molecule has 0 heteroatoms. The van der Waals surface area contributed by atoms with Crippen molar-refractivity contribution in [1.29, 1.82) is 0 Å². The third-order valence-corrected chi connectivity index (χ3v) is 4.75. The maximum Gasteiger partial charge on any atom is -0.0167 e. The lowest BCUT2D eigenvalue weighted by Gasteiger charge is -2.32. The second-order valence-electron chi connectivity index (χ2n) is 10.1. The molecule has 0 aromatic carbocycles. The van der Waals surface area contributed by atoms with Crippen LogP contribution in [0.5, 0.6) is 0 Å². The lowest BCUT2D eigenvalue weighted by molar-refractivity contribution is 0.229. The maximum atomic E-state index is 2.39. The summed E-state index contributed by atoms with van der Waals surface area (Å²) >= 11 is 0. The SMILES string of the molecule is C/C=C(\C)CC(C)(C)CCC.CCC(C)(C)CC(C)(C)C=C(C)C. The zero-order chi connectivity index (χ0) is 19.6. The molecule has 0 rings (SSSR count). The van der Waals surface area contributed by atoms with Crippen molar-refractivity contribution in [2.24, 2.45) is 16.2 Å². The Hall–Kier alpha value is -0.520. The molecule has 0 nitrogen and oxygen atoms in total. The first-order valence-corrected chi connectivity index (χ1v) is 9.98. The van der Waals surface area contributed by atoms with E-state index in [0.717, 1.165) is 0 Å². The van der Waals surface area contributed by atoms with Crippen LogP contribution in [-0.4, -0.2) is 0 Å². The van der Waals surface area contributed by atoms with Gasteiger partial charge in [-0.25, -0.2) is 0 Å². The summed E-state index contributed by atoms with van der Waals surface area (Å²) < 4.78 is 0. The van der Waals surface area contributed by atoms with Gasteiger partial charge in [-0.2, -0.15) is 0 Å². The van der Waals surface area contributed by atoms with Gasteiger partial charge >= 0.3 is 0 Å². The van der Waals surface area contributed by atoms with Gasteiger partial charge in [0, 0.05) is 0 Å². The molecule has 0 N–H and O–H groups in total. The molecule has 0 amide bonds. The number of hydrogen-bond acceptors (Lipinski definition) is 0. The summed E-state index contributed by atoms with van der Waals surface area (Å²) in [5.74, 6) is 0. The maximum absolute atomic E-state index is 2.39. The molecule has 0 saturated carbocycles. The van der Waals surface area contributed by atoms with Gasteiger partial charge in [0.2, 0.25) is 0 Å². The second-order valence-corrected chi connectivity index (χ2v) is 10.1. The van der Waals surface area contributed by atoms with Crippen molar-refractivity contribution in [2.45, 2.75) is 115 Å². The van der Waals surface area contributed by atoms with E-state index in [4.69, 9.17) is 0 Å². The molecule has 24 heavy (non-hydrogen) atoms. The van der Waals surface area contributed by atoms with Crippen LogP contribution >= 0.6 is 0 Å². The average Bonchev–Trinajstić information content (AvgIpc) is 2.35. The highest BCUT2D eigenvalue weighted by Crippen LogP contribution is 2.37. The highest BCUT2D eigenvalue weighted by atomic mass is 14.3. The van der Waals surface area contributed by atoms with E-state index in [1.807, 2.05) is 0 Å². The predicted molar refractivity (Wildman–Crippen MR) is 115 cm³/mol. The molecular formula is C24H48. The zero-order valence-electron chi connectivity index (χ0n) is 19.2. The van der Waals surface area contributed by atoms with Crippen molar-refractivity contribution >= 4 is 0 Å². The van der Waals surface area contributed by atoms with Crippen LogP contribution in [0.2, 0.25) is 0 Å². The summed E-state index contributed by atoms with van der Waals surface area (Å²) in [7, 11) is 0. The number of allylic oxidation sites excluding steroid dienone is 4. The summed E-state index contributed by atoms with van der Waals surface area (Å²) in [6.07, 6.45) is 11.0. The monoisotopic (exact) mass is 336 g/mol. The molecule has 0 aromatic rings. The molecule has 0 aliphatic heterocycles. The largest absolute Gasteiger partial charge is 0.0887 e. The van der Waals surface area contributed by atoms with Crippen molar-refractivity contribution in [3.63, 3.8) is 0 Å². The lowest BCUT2D eigenvalue weighted by atomic mass is 9.73. The van der Waals surface area contributed by atoms with Gasteiger partial charge in [-0.05, 0) is 63.2 Å². The van der Waals surface area contributed by atoms with Crippen LogP contribution in [0.15, 0.2) is 23.3 Å². The summed E-state index contributed by atoms with van der Waals surface area (Å²) in [6, 6.07) is 0. The lowest BCUT2D eigenvalue weighted by Crippen LogP contribution is -2.21. The number of hydrogen-bond donors (Lipinski definition) is 0. The zero-order valence-corrected chi connectivity index (χ0v) is 19.2. The van der Waals surface area contributed by atoms with E-state index in [0.29, 0.717) is 16.2 Å².